The van der Waals surface area contributed by atoms with Gasteiger partial charge < -0.3 is 13.7 Å². The molecule has 0 bridgehead atoms. The lowest BCUT2D eigenvalue weighted by atomic mass is 9.77. The largest absolute Gasteiger partial charge is 0.494 e. The van der Waals surface area contributed by atoms with Crippen LogP contribution in [-0.4, -0.2) is 18.3 Å². The lowest BCUT2D eigenvalue weighted by Crippen LogP contribution is -2.41. The van der Waals surface area contributed by atoms with E-state index in [1.807, 2.05) is 12.1 Å². The van der Waals surface area contributed by atoms with Crippen molar-refractivity contribution in [3.05, 3.63) is 78.9 Å². The van der Waals surface area contributed by atoms with E-state index in [4.69, 9.17) is 13.7 Å². The van der Waals surface area contributed by atoms with E-state index < -0.39 is 7.12 Å². The van der Waals surface area contributed by atoms with Crippen LogP contribution in [0.15, 0.2) is 83.3 Å². The van der Waals surface area contributed by atoms with Crippen molar-refractivity contribution >= 4 is 66.8 Å². The first-order chi connectivity index (χ1) is 16.3. The molecule has 1 aromatic heterocycles. The molecule has 0 saturated carbocycles. The Morgan fingerprint density at radius 3 is 1.85 bits per heavy atom. The number of hydrogen-bond acceptors (Lipinski definition) is 3. The third-order valence-corrected chi connectivity index (χ3v) is 7.89. The summed E-state index contributed by atoms with van der Waals surface area (Å²) in [4.78, 5) is 0. The lowest BCUT2D eigenvalue weighted by molar-refractivity contribution is 0.00578. The molecule has 0 spiro atoms. The molecule has 34 heavy (non-hydrogen) atoms. The van der Waals surface area contributed by atoms with Gasteiger partial charge in [-0.15, -0.1) is 0 Å². The predicted octanol–water partition coefficient (Wildman–Crippen LogP) is 7.34. The molecule has 166 valence electrons. The minimum absolute atomic E-state index is 0.376. The molecule has 0 radical (unpaired) electrons. The average Bonchev–Trinajstić information content (AvgIpc) is 3.31. The maximum atomic E-state index is 6.46. The summed E-state index contributed by atoms with van der Waals surface area (Å²) >= 11 is 0. The van der Waals surface area contributed by atoms with Crippen LogP contribution in [0, 0.1) is 0 Å². The van der Waals surface area contributed by atoms with Gasteiger partial charge in [0.05, 0.1) is 11.2 Å². The van der Waals surface area contributed by atoms with Crippen LogP contribution in [0.4, 0.5) is 0 Å². The van der Waals surface area contributed by atoms with Gasteiger partial charge in [-0.05, 0) is 72.2 Å². The van der Waals surface area contributed by atoms with Crippen LogP contribution in [0.2, 0.25) is 0 Å². The van der Waals surface area contributed by atoms with Crippen LogP contribution in [-0.2, 0) is 9.31 Å². The molecule has 2 heterocycles. The molecule has 1 fully saturated rings. The maximum absolute atomic E-state index is 6.46. The zero-order valence-corrected chi connectivity index (χ0v) is 19.8. The molecule has 0 atom stereocenters. The van der Waals surface area contributed by atoms with Gasteiger partial charge in [-0.25, -0.2) is 0 Å². The SMILES string of the molecule is CC1(C)OB(c2ccc3c(c2)c2ccccc2c2ccc4c5ccccc5oc4c23)OC1(C)C. The number of rotatable bonds is 1. The van der Waals surface area contributed by atoms with Gasteiger partial charge in [-0.1, -0.05) is 66.7 Å². The average molecular weight is 444 g/mol. The molecule has 0 N–H and O–H groups in total. The molecule has 4 heteroatoms. The normalized spacial score (nSPS) is 17.6. The van der Waals surface area contributed by atoms with E-state index in [9.17, 15) is 0 Å². The summed E-state index contributed by atoms with van der Waals surface area (Å²) in [6.45, 7) is 8.37. The second kappa shape index (κ2) is 6.62. The molecular formula is C30H25BO3. The van der Waals surface area contributed by atoms with Crippen molar-refractivity contribution in [1.82, 2.24) is 0 Å². The summed E-state index contributed by atoms with van der Waals surface area (Å²) in [6.07, 6.45) is 0. The molecule has 3 nitrogen and oxygen atoms in total. The fourth-order valence-electron chi connectivity index (χ4n) is 5.36. The number of furan rings is 1. The van der Waals surface area contributed by atoms with Crippen LogP contribution < -0.4 is 5.46 Å². The van der Waals surface area contributed by atoms with Gasteiger partial charge in [0.1, 0.15) is 11.2 Å². The highest BCUT2D eigenvalue weighted by molar-refractivity contribution is 6.62. The molecule has 0 unspecified atom stereocenters. The number of fused-ring (bicyclic) bond motifs is 10. The van der Waals surface area contributed by atoms with E-state index in [0.29, 0.717) is 0 Å². The van der Waals surface area contributed by atoms with Gasteiger partial charge >= 0.3 is 7.12 Å². The molecule has 0 amide bonds. The van der Waals surface area contributed by atoms with Crippen LogP contribution >= 0.6 is 0 Å². The van der Waals surface area contributed by atoms with Crippen LogP contribution in [0.1, 0.15) is 27.7 Å². The van der Waals surface area contributed by atoms with E-state index in [0.717, 1.165) is 32.8 Å². The Kier molecular flexibility index (Phi) is 3.91. The van der Waals surface area contributed by atoms with E-state index >= 15 is 0 Å². The second-order valence-electron chi connectivity index (χ2n) is 10.4. The smallest absolute Gasteiger partial charge is 0.455 e. The summed E-state index contributed by atoms with van der Waals surface area (Å²) in [5, 5.41) is 9.46. The first-order valence-corrected chi connectivity index (χ1v) is 11.9. The summed E-state index contributed by atoms with van der Waals surface area (Å²) in [7, 11) is -0.397. The van der Waals surface area contributed by atoms with Gasteiger partial charge in [-0.2, -0.15) is 0 Å². The first kappa shape index (κ1) is 20.1. The van der Waals surface area contributed by atoms with Crippen molar-refractivity contribution in [2.24, 2.45) is 0 Å². The predicted molar refractivity (Wildman–Crippen MR) is 142 cm³/mol. The van der Waals surface area contributed by atoms with Gasteiger partial charge in [0.2, 0.25) is 0 Å². The molecule has 1 saturated heterocycles. The molecule has 1 aliphatic rings. The summed E-state index contributed by atoms with van der Waals surface area (Å²) in [6, 6.07) is 27.9. The Morgan fingerprint density at radius 1 is 0.559 bits per heavy atom. The summed E-state index contributed by atoms with van der Waals surface area (Å²) in [5.74, 6) is 0. The van der Waals surface area contributed by atoms with E-state index in [-0.39, 0.29) is 11.2 Å². The monoisotopic (exact) mass is 444 g/mol. The highest BCUT2D eigenvalue weighted by atomic mass is 16.7. The third kappa shape index (κ3) is 2.61. The zero-order valence-electron chi connectivity index (χ0n) is 19.8. The van der Waals surface area contributed by atoms with Gasteiger partial charge in [-0.3, -0.25) is 0 Å². The highest BCUT2D eigenvalue weighted by Gasteiger charge is 2.51. The van der Waals surface area contributed by atoms with Gasteiger partial charge in [0.25, 0.3) is 0 Å². The van der Waals surface area contributed by atoms with Crippen LogP contribution in [0.25, 0.3) is 54.3 Å². The summed E-state index contributed by atoms with van der Waals surface area (Å²) < 4.78 is 19.2. The Hall–Kier alpha value is -3.34. The highest BCUT2D eigenvalue weighted by Crippen LogP contribution is 2.42. The van der Waals surface area contributed by atoms with Crippen LogP contribution in [0.5, 0.6) is 0 Å². The molecule has 7 rings (SSSR count). The van der Waals surface area contributed by atoms with Gasteiger partial charge in [0, 0.05) is 16.2 Å². The fourth-order valence-corrected chi connectivity index (χ4v) is 5.36. The quantitative estimate of drug-likeness (QED) is 0.196. The molecule has 6 aromatic rings. The Bertz CT molecular complexity index is 1760. The van der Waals surface area contributed by atoms with Crippen LogP contribution in [0.3, 0.4) is 0 Å². The number of benzene rings is 5. The van der Waals surface area contributed by atoms with E-state index in [1.165, 1.54) is 26.9 Å². The molecule has 5 aromatic carbocycles. The summed E-state index contributed by atoms with van der Waals surface area (Å²) in [5.41, 5.74) is 2.14. The van der Waals surface area contributed by atoms with Crippen molar-refractivity contribution in [2.45, 2.75) is 38.9 Å². The molecule has 0 aliphatic carbocycles. The fraction of sp³-hybridized carbons (Fsp3) is 0.200. The van der Waals surface area contributed by atoms with E-state index in [2.05, 4.69) is 94.4 Å². The lowest BCUT2D eigenvalue weighted by Gasteiger charge is -2.32. The van der Waals surface area contributed by atoms with Crippen molar-refractivity contribution in [2.75, 3.05) is 0 Å². The topological polar surface area (TPSA) is 31.6 Å². The Morgan fingerprint density at radius 2 is 1.12 bits per heavy atom. The standard InChI is InChI=1S/C30H25BO3/c1-29(2)30(3,4)34-31(33-29)18-13-14-23-25(17-18)20-10-6-5-9-19(20)22-15-16-24-21-11-7-8-12-26(21)32-28(24)27(22)23/h5-17H,1-4H3. The van der Waals surface area contributed by atoms with Crippen molar-refractivity contribution in [1.29, 1.82) is 0 Å². The van der Waals surface area contributed by atoms with Crippen molar-refractivity contribution in [3.63, 3.8) is 0 Å². The minimum atomic E-state index is -0.397. The third-order valence-electron chi connectivity index (χ3n) is 7.89. The van der Waals surface area contributed by atoms with Gasteiger partial charge in [0.15, 0.2) is 0 Å². The molecular weight excluding hydrogens is 419 g/mol. The van der Waals surface area contributed by atoms with Crippen molar-refractivity contribution < 1.29 is 13.7 Å². The first-order valence-electron chi connectivity index (χ1n) is 11.9. The number of para-hydroxylation sites is 1. The van der Waals surface area contributed by atoms with Crippen molar-refractivity contribution in [3.8, 4) is 0 Å². The molecule has 1 aliphatic heterocycles. The maximum Gasteiger partial charge on any atom is 0.494 e. The Labute approximate surface area is 198 Å². The second-order valence-corrected chi connectivity index (χ2v) is 10.4. The minimum Gasteiger partial charge on any atom is -0.455 e. The zero-order chi connectivity index (χ0) is 23.2. The Balaban J connectivity index is 1.58. The van der Waals surface area contributed by atoms with E-state index in [1.54, 1.807) is 0 Å². The number of hydrogen-bond donors (Lipinski definition) is 0.